The fourth-order valence-corrected chi connectivity index (χ4v) is 5.57. The van der Waals surface area contributed by atoms with Crippen LogP contribution in [0.4, 0.5) is 0 Å². The van der Waals surface area contributed by atoms with Gasteiger partial charge in [-0.2, -0.15) is 0 Å². The number of hydrogen-bond donors (Lipinski definition) is 2. The summed E-state index contributed by atoms with van der Waals surface area (Å²) in [5.74, 6) is -0.103. The lowest BCUT2D eigenvalue weighted by Gasteiger charge is -2.23. The summed E-state index contributed by atoms with van der Waals surface area (Å²) in [5.41, 5.74) is 12.8. The number of carbonyl (C=O) groups excluding carboxylic acids is 3. The van der Waals surface area contributed by atoms with E-state index in [4.69, 9.17) is 25.4 Å². The number of allylic oxidation sites excluding steroid dienone is 2. The maximum atomic E-state index is 12.7. The Morgan fingerprint density at radius 2 is 1.88 bits per heavy atom. The lowest BCUT2D eigenvalue weighted by Crippen LogP contribution is -2.35. The molecule has 8 nitrogen and oxygen atoms in total. The van der Waals surface area contributed by atoms with Crippen molar-refractivity contribution < 1.29 is 28.3 Å². The number of carbonyl (C=O) groups is 3. The lowest BCUT2D eigenvalue weighted by atomic mass is 9.88. The van der Waals surface area contributed by atoms with E-state index in [-0.39, 0.29) is 60.9 Å². The van der Waals surface area contributed by atoms with Gasteiger partial charge in [0.2, 0.25) is 0 Å². The van der Waals surface area contributed by atoms with Gasteiger partial charge in [-0.3, -0.25) is 14.4 Å². The molecule has 0 saturated heterocycles. The summed E-state index contributed by atoms with van der Waals surface area (Å²) in [5, 5.41) is 0. The lowest BCUT2D eigenvalue weighted by molar-refractivity contribution is -0.147. The zero-order valence-corrected chi connectivity index (χ0v) is 20.4. The van der Waals surface area contributed by atoms with Crippen molar-refractivity contribution in [3.8, 4) is 0 Å². The van der Waals surface area contributed by atoms with Crippen LogP contribution in [0.5, 0.6) is 0 Å². The first-order chi connectivity index (χ1) is 16.2. The van der Waals surface area contributed by atoms with E-state index in [0.717, 1.165) is 12.8 Å². The fourth-order valence-electron chi connectivity index (χ4n) is 5.57. The first-order valence-corrected chi connectivity index (χ1v) is 12.2. The zero-order valence-electron chi connectivity index (χ0n) is 20.4. The first-order valence-electron chi connectivity index (χ1n) is 12.2. The van der Waals surface area contributed by atoms with Gasteiger partial charge in [-0.15, -0.1) is 0 Å². The van der Waals surface area contributed by atoms with Gasteiger partial charge in [0.25, 0.3) is 0 Å². The molecule has 188 valence electrons. The highest BCUT2D eigenvalue weighted by Crippen LogP contribution is 2.41. The summed E-state index contributed by atoms with van der Waals surface area (Å²) in [6.45, 7) is 4.07. The summed E-state index contributed by atoms with van der Waals surface area (Å²) >= 11 is 0. The molecule has 1 heterocycles. The average molecular weight is 475 g/mol. The molecule has 2 saturated carbocycles. The minimum atomic E-state index is -0.524. The minimum Gasteiger partial charge on any atom is -0.469 e. The van der Waals surface area contributed by atoms with Crippen LogP contribution in [-0.2, 0) is 23.9 Å². The third-order valence-corrected chi connectivity index (χ3v) is 7.41. The first kappa shape index (κ1) is 26.2. The van der Waals surface area contributed by atoms with Crippen LogP contribution < -0.4 is 11.5 Å². The third-order valence-electron chi connectivity index (χ3n) is 7.41. The van der Waals surface area contributed by atoms with Gasteiger partial charge < -0.3 is 25.4 Å². The van der Waals surface area contributed by atoms with Gasteiger partial charge in [-0.05, 0) is 50.2 Å². The molecule has 0 radical (unpaired) electrons. The highest BCUT2D eigenvalue weighted by Gasteiger charge is 2.45. The molecule has 1 aromatic heterocycles. The Hall–Kier alpha value is -2.45. The SMILES string of the molecule is CC/C=C/CC1C(CC(=O)OC)CC(COC(=O)CC2C(N)CC(=O)C2c2ccc(C)o2)C1N. The summed E-state index contributed by atoms with van der Waals surface area (Å²) < 4.78 is 16.2. The zero-order chi connectivity index (χ0) is 24.8. The molecule has 34 heavy (non-hydrogen) atoms. The Kier molecular flexibility index (Phi) is 9.08. The van der Waals surface area contributed by atoms with Crippen LogP contribution in [-0.4, -0.2) is 43.5 Å². The number of Topliss-reactive ketones (excluding diaryl/α,β-unsaturated/α-hetero) is 1. The number of furan rings is 1. The molecule has 3 rings (SSSR count). The number of rotatable bonds is 10. The van der Waals surface area contributed by atoms with E-state index in [0.29, 0.717) is 24.4 Å². The third kappa shape index (κ3) is 6.16. The molecular formula is C26H38N2O6. The van der Waals surface area contributed by atoms with Crippen LogP contribution in [0.3, 0.4) is 0 Å². The monoisotopic (exact) mass is 474 g/mol. The van der Waals surface area contributed by atoms with Gasteiger partial charge in [0.05, 0.1) is 26.1 Å². The minimum absolute atomic E-state index is 0.00825. The van der Waals surface area contributed by atoms with E-state index in [9.17, 15) is 14.4 Å². The molecule has 4 N–H and O–H groups in total. The second-order valence-corrected chi connectivity index (χ2v) is 9.70. The molecule has 0 bridgehead atoms. The molecule has 7 atom stereocenters. The predicted molar refractivity (Wildman–Crippen MR) is 127 cm³/mol. The molecule has 0 aliphatic heterocycles. The van der Waals surface area contributed by atoms with Crippen molar-refractivity contribution in [1.29, 1.82) is 0 Å². The molecule has 8 heteroatoms. The topological polar surface area (TPSA) is 135 Å². The Bertz CT molecular complexity index is 894. The molecular weight excluding hydrogens is 436 g/mol. The number of ketones is 1. The van der Waals surface area contributed by atoms with Gasteiger partial charge in [-0.25, -0.2) is 0 Å². The van der Waals surface area contributed by atoms with E-state index in [1.807, 2.05) is 6.92 Å². The van der Waals surface area contributed by atoms with Gasteiger partial charge in [0.1, 0.15) is 17.3 Å². The Labute approximate surface area is 201 Å². The van der Waals surface area contributed by atoms with Crippen molar-refractivity contribution in [2.75, 3.05) is 13.7 Å². The number of nitrogens with two attached hydrogens (primary N) is 2. The summed E-state index contributed by atoms with van der Waals surface area (Å²) in [4.78, 5) is 37.2. The molecule has 0 spiro atoms. The molecule has 0 amide bonds. The normalized spacial score (nSPS) is 31.3. The fraction of sp³-hybridized carbons (Fsp3) is 0.654. The van der Waals surface area contributed by atoms with Crippen molar-refractivity contribution in [1.82, 2.24) is 0 Å². The molecule has 0 aromatic carbocycles. The maximum absolute atomic E-state index is 12.7. The van der Waals surface area contributed by atoms with Crippen LogP contribution >= 0.6 is 0 Å². The van der Waals surface area contributed by atoms with Crippen LogP contribution in [0.25, 0.3) is 0 Å². The van der Waals surface area contributed by atoms with Crippen LogP contribution in [0.2, 0.25) is 0 Å². The van der Waals surface area contributed by atoms with Crippen LogP contribution in [0, 0.1) is 30.6 Å². The number of aryl methyl sites for hydroxylation is 1. The van der Waals surface area contributed by atoms with E-state index in [2.05, 4.69) is 19.1 Å². The standard InChI is InChI=1S/C26H38N2O6/c1-4-5-6-7-18-16(11-23(30)32-3)10-17(26(18)28)14-33-24(31)12-19-20(27)13-21(29)25(19)22-9-8-15(2)34-22/h5-6,8-9,16-20,25-26H,4,7,10-14,27-28H2,1-3H3/b6-5+. The quantitative estimate of drug-likeness (QED) is 0.390. The molecule has 2 aliphatic carbocycles. The largest absolute Gasteiger partial charge is 0.469 e. The molecule has 2 fully saturated rings. The van der Waals surface area contributed by atoms with Gasteiger partial charge >= 0.3 is 11.9 Å². The predicted octanol–water partition coefficient (Wildman–Crippen LogP) is 3.02. The highest BCUT2D eigenvalue weighted by molar-refractivity contribution is 5.89. The average Bonchev–Trinajstić information content (AvgIpc) is 3.43. The maximum Gasteiger partial charge on any atom is 0.306 e. The van der Waals surface area contributed by atoms with Gasteiger partial charge in [0.15, 0.2) is 0 Å². The second-order valence-electron chi connectivity index (χ2n) is 9.70. The second kappa shape index (κ2) is 11.8. The van der Waals surface area contributed by atoms with Gasteiger partial charge in [-0.1, -0.05) is 19.1 Å². The van der Waals surface area contributed by atoms with E-state index in [1.54, 1.807) is 12.1 Å². The number of esters is 2. The van der Waals surface area contributed by atoms with Crippen molar-refractivity contribution in [3.63, 3.8) is 0 Å². The number of hydrogen-bond acceptors (Lipinski definition) is 8. The van der Waals surface area contributed by atoms with Crippen molar-refractivity contribution in [2.24, 2.45) is 35.1 Å². The van der Waals surface area contributed by atoms with Gasteiger partial charge in [0, 0.05) is 36.8 Å². The molecule has 1 aromatic rings. The highest BCUT2D eigenvalue weighted by atomic mass is 16.5. The number of methoxy groups -OCH3 is 1. The Balaban J connectivity index is 1.60. The molecule has 7 unspecified atom stereocenters. The van der Waals surface area contributed by atoms with Crippen molar-refractivity contribution >= 4 is 17.7 Å². The molecule has 2 aliphatic rings. The van der Waals surface area contributed by atoms with Crippen LogP contribution in [0.15, 0.2) is 28.7 Å². The van der Waals surface area contributed by atoms with Crippen molar-refractivity contribution in [2.45, 2.75) is 70.4 Å². The summed E-state index contributed by atoms with van der Waals surface area (Å²) in [6.07, 6.45) is 7.20. The van der Waals surface area contributed by atoms with E-state index >= 15 is 0 Å². The van der Waals surface area contributed by atoms with E-state index < -0.39 is 17.9 Å². The summed E-state index contributed by atoms with van der Waals surface area (Å²) in [6, 6.07) is 2.99. The van der Waals surface area contributed by atoms with Crippen molar-refractivity contribution in [3.05, 3.63) is 35.8 Å². The van der Waals surface area contributed by atoms with Crippen LogP contribution in [0.1, 0.15) is 62.9 Å². The smallest absolute Gasteiger partial charge is 0.306 e. The summed E-state index contributed by atoms with van der Waals surface area (Å²) in [7, 11) is 1.39. The Morgan fingerprint density at radius 1 is 1.12 bits per heavy atom. The number of ether oxygens (including phenoxy) is 2. The Morgan fingerprint density at radius 3 is 2.53 bits per heavy atom. The van der Waals surface area contributed by atoms with E-state index in [1.165, 1.54) is 7.11 Å².